The Balaban J connectivity index is 2.48. The lowest BCUT2D eigenvalue weighted by Gasteiger charge is -2.07. The molecule has 4 N–H and O–H groups in total. The SMILES string of the molecule is Cc1cccc(NC(=O)NCC(N)=S)c1. The summed E-state index contributed by atoms with van der Waals surface area (Å²) in [6, 6.07) is 7.21. The highest BCUT2D eigenvalue weighted by Gasteiger charge is 2.00. The first-order chi connectivity index (χ1) is 7.08. The number of thiocarbonyl (C=S) groups is 1. The molecule has 1 rings (SSSR count). The molecule has 0 unspecified atom stereocenters. The predicted molar refractivity (Wildman–Crippen MR) is 65.0 cm³/mol. The minimum atomic E-state index is -0.312. The summed E-state index contributed by atoms with van der Waals surface area (Å²) < 4.78 is 0. The molecule has 1 aromatic rings. The molecule has 0 saturated carbocycles. The van der Waals surface area contributed by atoms with Crippen LogP contribution in [0.15, 0.2) is 24.3 Å². The highest BCUT2D eigenvalue weighted by molar-refractivity contribution is 7.80. The summed E-state index contributed by atoms with van der Waals surface area (Å²) in [5.41, 5.74) is 7.08. The number of benzene rings is 1. The van der Waals surface area contributed by atoms with Gasteiger partial charge in [-0.2, -0.15) is 0 Å². The Morgan fingerprint density at radius 1 is 1.53 bits per heavy atom. The van der Waals surface area contributed by atoms with E-state index in [4.69, 9.17) is 5.73 Å². The van der Waals surface area contributed by atoms with Gasteiger partial charge in [-0.3, -0.25) is 0 Å². The third-order valence-corrected chi connectivity index (χ3v) is 1.84. The third kappa shape index (κ3) is 4.42. The average Bonchev–Trinajstić information content (AvgIpc) is 2.15. The average molecular weight is 223 g/mol. The van der Waals surface area contributed by atoms with Gasteiger partial charge >= 0.3 is 6.03 Å². The Kier molecular flexibility index (Phi) is 4.05. The largest absolute Gasteiger partial charge is 0.392 e. The van der Waals surface area contributed by atoms with E-state index in [1.165, 1.54) is 0 Å². The van der Waals surface area contributed by atoms with Crippen molar-refractivity contribution in [1.29, 1.82) is 0 Å². The van der Waals surface area contributed by atoms with Crippen LogP contribution in [-0.4, -0.2) is 17.6 Å². The Morgan fingerprint density at radius 2 is 2.27 bits per heavy atom. The summed E-state index contributed by atoms with van der Waals surface area (Å²) in [6.07, 6.45) is 0. The summed E-state index contributed by atoms with van der Waals surface area (Å²) in [5.74, 6) is 0. The number of aryl methyl sites for hydroxylation is 1. The maximum absolute atomic E-state index is 11.3. The van der Waals surface area contributed by atoms with Gasteiger partial charge in [-0.1, -0.05) is 24.4 Å². The van der Waals surface area contributed by atoms with Crippen LogP contribution in [0.4, 0.5) is 10.5 Å². The highest BCUT2D eigenvalue weighted by Crippen LogP contribution is 2.08. The first-order valence-corrected chi connectivity index (χ1v) is 4.88. The maximum atomic E-state index is 11.3. The van der Waals surface area contributed by atoms with Crippen LogP contribution in [0.3, 0.4) is 0 Å². The molecule has 15 heavy (non-hydrogen) atoms. The number of urea groups is 1. The summed E-state index contributed by atoms with van der Waals surface area (Å²) in [4.78, 5) is 11.5. The lowest BCUT2D eigenvalue weighted by atomic mass is 10.2. The van der Waals surface area contributed by atoms with Crippen molar-refractivity contribution in [3.63, 3.8) is 0 Å². The van der Waals surface area contributed by atoms with Crippen LogP contribution in [0.25, 0.3) is 0 Å². The van der Waals surface area contributed by atoms with Crippen LogP contribution < -0.4 is 16.4 Å². The van der Waals surface area contributed by atoms with E-state index < -0.39 is 0 Å². The summed E-state index contributed by atoms with van der Waals surface area (Å²) in [5, 5.41) is 5.21. The number of amides is 2. The molecular weight excluding hydrogens is 210 g/mol. The molecular formula is C10H13N3OS. The van der Waals surface area contributed by atoms with Gasteiger partial charge in [-0.15, -0.1) is 0 Å². The molecule has 80 valence electrons. The Labute approximate surface area is 93.9 Å². The molecule has 0 aliphatic heterocycles. The van der Waals surface area contributed by atoms with Crippen molar-refractivity contribution in [2.75, 3.05) is 11.9 Å². The van der Waals surface area contributed by atoms with Crippen LogP contribution in [0.5, 0.6) is 0 Å². The number of hydrogen-bond acceptors (Lipinski definition) is 2. The van der Waals surface area contributed by atoms with Gasteiger partial charge in [0.15, 0.2) is 0 Å². The van der Waals surface area contributed by atoms with Gasteiger partial charge in [0, 0.05) is 5.69 Å². The van der Waals surface area contributed by atoms with Gasteiger partial charge in [0.05, 0.1) is 11.5 Å². The standard InChI is InChI=1S/C10H13N3OS/c1-7-3-2-4-8(5-7)13-10(14)12-6-9(11)15/h2-5H,6H2,1H3,(H2,11,15)(H2,12,13,14). The number of anilines is 1. The number of nitrogens with one attached hydrogen (secondary N) is 2. The lowest BCUT2D eigenvalue weighted by Crippen LogP contribution is -2.35. The van der Waals surface area contributed by atoms with E-state index in [9.17, 15) is 4.79 Å². The molecule has 0 aliphatic rings. The third-order valence-electron chi connectivity index (χ3n) is 1.70. The number of carbonyl (C=O) groups is 1. The van der Waals surface area contributed by atoms with Crippen molar-refractivity contribution < 1.29 is 4.79 Å². The van der Waals surface area contributed by atoms with E-state index in [0.717, 1.165) is 11.3 Å². The molecule has 5 heteroatoms. The summed E-state index contributed by atoms with van der Waals surface area (Å²) in [7, 11) is 0. The molecule has 0 heterocycles. The van der Waals surface area contributed by atoms with Gasteiger partial charge in [0.1, 0.15) is 0 Å². The van der Waals surface area contributed by atoms with Crippen LogP contribution >= 0.6 is 12.2 Å². The molecule has 1 aromatic carbocycles. The molecule has 0 spiro atoms. The van der Waals surface area contributed by atoms with Crippen molar-refractivity contribution in [3.05, 3.63) is 29.8 Å². The van der Waals surface area contributed by atoms with Crippen LogP contribution in [0.2, 0.25) is 0 Å². The summed E-state index contributed by atoms with van der Waals surface area (Å²) in [6.45, 7) is 2.16. The van der Waals surface area contributed by atoms with E-state index in [1.807, 2.05) is 31.2 Å². The van der Waals surface area contributed by atoms with Gasteiger partial charge in [-0.05, 0) is 24.6 Å². The molecule has 0 atom stereocenters. The van der Waals surface area contributed by atoms with Crippen LogP contribution in [0, 0.1) is 6.92 Å². The highest BCUT2D eigenvalue weighted by atomic mass is 32.1. The molecule has 0 fully saturated rings. The Morgan fingerprint density at radius 3 is 2.87 bits per heavy atom. The predicted octanol–water partition coefficient (Wildman–Crippen LogP) is 1.40. The molecule has 0 saturated heterocycles. The molecule has 4 nitrogen and oxygen atoms in total. The quantitative estimate of drug-likeness (QED) is 0.679. The van der Waals surface area contributed by atoms with Crippen LogP contribution in [0.1, 0.15) is 5.56 Å². The minimum absolute atomic E-state index is 0.201. The molecule has 0 radical (unpaired) electrons. The number of hydrogen-bond donors (Lipinski definition) is 3. The minimum Gasteiger partial charge on any atom is -0.392 e. The summed E-state index contributed by atoms with van der Waals surface area (Å²) >= 11 is 4.63. The number of rotatable bonds is 3. The zero-order chi connectivity index (χ0) is 11.3. The van der Waals surface area contributed by atoms with E-state index in [-0.39, 0.29) is 17.6 Å². The van der Waals surface area contributed by atoms with Crippen molar-refractivity contribution in [3.8, 4) is 0 Å². The molecule has 0 bridgehead atoms. The van der Waals surface area contributed by atoms with Crippen LogP contribution in [-0.2, 0) is 0 Å². The van der Waals surface area contributed by atoms with E-state index in [0.29, 0.717) is 0 Å². The first kappa shape index (κ1) is 11.5. The van der Waals surface area contributed by atoms with Crippen molar-refractivity contribution in [2.45, 2.75) is 6.92 Å². The maximum Gasteiger partial charge on any atom is 0.319 e. The topological polar surface area (TPSA) is 67.2 Å². The van der Waals surface area contributed by atoms with Crippen molar-refractivity contribution >= 4 is 28.9 Å². The first-order valence-electron chi connectivity index (χ1n) is 4.48. The van der Waals surface area contributed by atoms with Crippen molar-refractivity contribution in [1.82, 2.24) is 5.32 Å². The zero-order valence-electron chi connectivity index (χ0n) is 8.41. The van der Waals surface area contributed by atoms with Gasteiger partial charge < -0.3 is 16.4 Å². The second kappa shape index (κ2) is 5.31. The van der Waals surface area contributed by atoms with E-state index in [2.05, 4.69) is 22.9 Å². The molecule has 0 aliphatic carbocycles. The second-order valence-electron chi connectivity index (χ2n) is 3.14. The normalized spacial score (nSPS) is 9.40. The molecule has 2 amide bonds. The Hall–Kier alpha value is -1.62. The van der Waals surface area contributed by atoms with Gasteiger partial charge in [-0.25, -0.2) is 4.79 Å². The smallest absolute Gasteiger partial charge is 0.319 e. The Bertz CT molecular complexity index is 379. The van der Waals surface area contributed by atoms with E-state index in [1.54, 1.807) is 0 Å². The van der Waals surface area contributed by atoms with Gasteiger partial charge in [0.25, 0.3) is 0 Å². The monoisotopic (exact) mass is 223 g/mol. The van der Waals surface area contributed by atoms with Gasteiger partial charge in [0.2, 0.25) is 0 Å². The number of nitrogens with two attached hydrogens (primary N) is 1. The fourth-order valence-electron chi connectivity index (χ4n) is 1.07. The fraction of sp³-hybridized carbons (Fsp3) is 0.200. The fourth-order valence-corrected chi connectivity index (χ4v) is 1.14. The van der Waals surface area contributed by atoms with E-state index >= 15 is 0 Å². The number of carbonyl (C=O) groups excluding carboxylic acids is 1. The zero-order valence-corrected chi connectivity index (χ0v) is 9.23. The second-order valence-corrected chi connectivity index (χ2v) is 3.67. The van der Waals surface area contributed by atoms with Crippen molar-refractivity contribution in [2.24, 2.45) is 5.73 Å². The lowest BCUT2D eigenvalue weighted by molar-refractivity contribution is 0.253. The molecule has 0 aromatic heterocycles.